The molecule has 9 nitrogen and oxygen atoms in total. The Balaban J connectivity index is 2.53. The van der Waals surface area contributed by atoms with Crippen LogP contribution in [0.15, 0.2) is 30.3 Å². The number of esters is 2. The summed E-state index contributed by atoms with van der Waals surface area (Å²) >= 11 is 0. The molecule has 0 bridgehead atoms. The van der Waals surface area contributed by atoms with Crippen LogP contribution < -0.4 is 0 Å². The fourth-order valence-electron chi connectivity index (χ4n) is 3.20. The van der Waals surface area contributed by atoms with Crippen LogP contribution in [0.1, 0.15) is 52.0 Å². The van der Waals surface area contributed by atoms with Crippen LogP contribution in [0.3, 0.4) is 0 Å². The van der Waals surface area contributed by atoms with Gasteiger partial charge in [-0.1, -0.05) is 36.8 Å². The van der Waals surface area contributed by atoms with Gasteiger partial charge in [-0.15, -0.1) is 0 Å². The van der Waals surface area contributed by atoms with Crippen LogP contribution in [0.5, 0.6) is 0 Å². The molecular weight excluding hydrogens is 454 g/mol. The van der Waals surface area contributed by atoms with Gasteiger partial charge in [-0.25, -0.2) is 4.79 Å². The van der Waals surface area contributed by atoms with Crippen LogP contribution in [0.2, 0.25) is 0 Å². The first-order chi connectivity index (χ1) is 16.7. The second-order valence-electron chi connectivity index (χ2n) is 9.14. The quantitative estimate of drug-likeness (QED) is 0.193. The molecule has 1 amide bonds. The molecule has 9 heteroatoms. The summed E-state index contributed by atoms with van der Waals surface area (Å²) < 4.78 is 26.1. The molecule has 1 atom stereocenters. The average Bonchev–Trinajstić information content (AvgIpc) is 2.82. The SMILES string of the molecule is COCCOCCN(CCCC[C@@H](CC(=O)OCc1ccccc1)C(=O)OC)C(=O)OC(C)(C)C. The summed E-state index contributed by atoms with van der Waals surface area (Å²) in [5.41, 5.74) is 0.270. The van der Waals surface area contributed by atoms with E-state index in [1.165, 1.54) is 7.11 Å². The van der Waals surface area contributed by atoms with Crippen LogP contribution in [0.25, 0.3) is 0 Å². The van der Waals surface area contributed by atoms with Gasteiger partial charge in [0.25, 0.3) is 0 Å². The van der Waals surface area contributed by atoms with Gasteiger partial charge in [0.2, 0.25) is 0 Å². The molecule has 0 aliphatic carbocycles. The molecule has 0 spiro atoms. The van der Waals surface area contributed by atoms with Crippen molar-refractivity contribution in [3.8, 4) is 0 Å². The van der Waals surface area contributed by atoms with Gasteiger partial charge in [-0.3, -0.25) is 9.59 Å². The Kier molecular flexibility index (Phi) is 14.7. The Morgan fingerprint density at radius 1 is 0.943 bits per heavy atom. The van der Waals surface area contributed by atoms with E-state index < -0.39 is 29.6 Å². The number of carbonyl (C=O) groups is 3. The van der Waals surface area contributed by atoms with E-state index in [9.17, 15) is 14.4 Å². The lowest BCUT2D eigenvalue weighted by molar-refractivity contribution is -0.154. The van der Waals surface area contributed by atoms with Crippen molar-refractivity contribution in [3.63, 3.8) is 0 Å². The van der Waals surface area contributed by atoms with Gasteiger partial charge < -0.3 is 28.6 Å². The van der Waals surface area contributed by atoms with Crippen molar-refractivity contribution in [1.82, 2.24) is 4.90 Å². The first kappa shape index (κ1) is 30.4. The van der Waals surface area contributed by atoms with Crippen LogP contribution in [-0.4, -0.2) is 75.7 Å². The Hall–Kier alpha value is -2.65. The summed E-state index contributed by atoms with van der Waals surface area (Å²) in [5.74, 6) is -1.50. The van der Waals surface area contributed by atoms with Crippen LogP contribution >= 0.6 is 0 Å². The van der Waals surface area contributed by atoms with Crippen LogP contribution in [0.4, 0.5) is 4.79 Å². The fraction of sp³-hybridized carbons (Fsp3) is 0.654. The fourth-order valence-corrected chi connectivity index (χ4v) is 3.20. The first-order valence-corrected chi connectivity index (χ1v) is 12.0. The normalized spacial score (nSPS) is 12.0. The third kappa shape index (κ3) is 14.4. The molecule has 1 rings (SSSR count). The Morgan fingerprint density at radius 2 is 1.66 bits per heavy atom. The molecular formula is C26H41NO8. The highest BCUT2D eigenvalue weighted by Crippen LogP contribution is 2.17. The number of unbranched alkanes of at least 4 members (excludes halogenated alkanes) is 1. The van der Waals surface area contributed by atoms with Crippen molar-refractivity contribution in [1.29, 1.82) is 0 Å². The lowest BCUT2D eigenvalue weighted by atomic mass is 9.98. The summed E-state index contributed by atoms with van der Waals surface area (Å²) in [5, 5.41) is 0. The van der Waals surface area contributed by atoms with Crippen molar-refractivity contribution >= 4 is 18.0 Å². The second kappa shape index (κ2) is 16.9. The molecule has 1 aromatic carbocycles. The third-order valence-corrected chi connectivity index (χ3v) is 5.01. The number of methoxy groups -OCH3 is 2. The minimum absolute atomic E-state index is 0.0529. The van der Waals surface area contributed by atoms with Gasteiger partial charge in [0.15, 0.2) is 0 Å². The van der Waals surface area contributed by atoms with Gasteiger partial charge in [0.05, 0.1) is 39.3 Å². The molecule has 0 aliphatic heterocycles. The number of hydrogen-bond donors (Lipinski definition) is 0. The molecule has 35 heavy (non-hydrogen) atoms. The molecule has 0 unspecified atom stereocenters. The van der Waals surface area contributed by atoms with Gasteiger partial charge in [-0.05, 0) is 39.2 Å². The number of carbonyl (C=O) groups excluding carboxylic acids is 3. The average molecular weight is 496 g/mol. The maximum Gasteiger partial charge on any atom is 0.410 e. The van der Waals surface area contributed by atoms with Crippen molar-refractivity contribution < 1.29 is 38.1 Å². The summed E-state index contributed by atoms with van der Waals surface area (Å²) in [6.45, 7) is 7.71. The van der Waals surface area contributed by atoms with Crippen molar-refractivity contribution in [2.75, 3.05) is 47.1 Å². The van der Waals surface area contributed by atoms with E-state index in [4.69, 9.17) is 23.7 Å². The number of hydrogen-bond acceptors (Lipinski definition) is 8. The third-order valence-electron chi connectivity index (χ3n) is 5.01. The molecule has 0 heterocycles. The molecule has 198 valence electrons. The second-order valence-corrected chi connectivity index (χ2v) is 9.14. The molecule has 0 saturated heterocycles. The zero-order chi connectivity index (χ0) is 26.1. The van der Waals surface area contributed by atoms with E-state index in [0.717, 1.165) is 5.56 Å². The molecule has 1 aromatic rings. The summed E-state index contributed by atoms with van der Waals surface area (Å²) in [6.07, 6.45) is 1.23. The molecule has 0 saturated carbocycles. The van der Waals surface area contributed by atoms with E-state index in [2.05, 4.69) is 0 Å². The number of amides is 1. The van der Waals surface area contributed by atoms with Crippen molar-refractivity contribution in [2.24, 2.45) is 5.92 Å². The van der Waals surface area contributed by atoms with Crippen molar-refractivity contribution in [3.05, 3.63) is 35.9 Å². The molecule has 0 aliphatic rings. The molecule has 0 radical (unpaired) electrons. The predicted molar refractivity (Wildman–Crippen MR) is 131 cm³/mol. The topological polar surface area (TPSA) is 101 Å². The highest BCUT2D eigenvalue weighted by molar-refractivity contribution is 5.79. The number of rotatable bonds is 16. The van der Waals surface area contributed by atoms with Gasteiger partial charge >= 0.3 is 18.0 Å². The summed E-state index contributed by atoms with van der Waals surface area (Å²) in [4.78, 5) is 38.7. The lowest BCUT2D eigenvalue weighted by Gasteiger charge is -2.27. The van der Waals surface area contributed by atoms with Crippen LogP contribution in [0, 0.1) is 5.92 Å². The first-order valence-electron chi connectivity index (χ1n) is 12.0. The Bertz CT molecular complexity index is 747. The minimum atomic E-state index is -0.609. The maximum atomic E-state index is 12.6. The lowest BCUT2D eigenvalue weighted by Crippen LogP contribution is -2.39. The highest BCUT2D eigenvalue weighted by atomic mass is 16.6. The van der Waals surface area contributed by atoms with Crippen molar-refractivity contribution in [2.45, 2.75) is 58.7 Å². The molecule has 0 N–H and O–H groups in total. The van der Waals surface area contributed by atoms with E-state index in [1.54, 1.807) is 12.0 Å². The highest BCUT2D eigenvalue weighted by Gasteiger charge is 2.25. The summed E-state index contributed by atoms with van der Waals surface area (Å²) in [7, 11) is 2.90. The Morgan fingerprint density at radius 3 is 2.29 bits per heavy atom. The molecule has 0 fully saturated rings. The van der Waals surface area contributed by atoms with E-state index in [0.29, 0.717) is 52.2 Å². The smallest absolute Gasteiger partial charge is 0.410 e. The Labute approximate surface area is 209 Å². The number of benzene rings is 1. The van der Waals surface area contributed by atoms with Crippen LogP contribution in [-0.2, 0) is 39.9 Å². The predicted octanol–water partition coefficient (Wildman–Crippen LogP) is 3.98. The zero-order valence-electron chi connectivity index (χ0n) is 21.7. The van der Waals surface area contributed by atoms with E-state index in [1.807, 2.05) is 51.1 Å². The summed E-state index contributed by atoms with van der Waals surface area (Å²) in [6, 6.07) is 9.35. The standard InChI is InChI=1S/C26H41NO8/c1-26(2,3)35-25(30)27(15-16-33-18-17-31-4)14-10-9-13-22(24(29)32-5)19-23(28)34-20-21-11-7-6-8-12-21/h6-8,11-12,22H,9-10,13-20H2,1-5H3/t22-/m0/s1. The number of nitrogens with zero attached hydrogens (tertiary/aromatic N) is 1. The zero-order valence-corrected chi connectivity index (χ0v) is 21.7. The van der Waals surface area contributed by atoms with Gasteiger partial charge in [-0.2, -0.15) is 0 Å². The minimum Gasteiger partial charge on any atom is -0.469 e. The van der Waals surface area contributed by atoms with E-state index >= 15 is 0 Å². The maximum absolute atomic E-state index is 12.6. The number of ether oxygens (including phenoxy) is 5. The van der Waals surface area contributed by atoms with Gasteiger partial charge in [0.1, 0.15) is 12.2 Å². The monoisotopic (exact) mass is 495 g/mol. The molecule has 0 aromatic heterocycles. The van der Waals surface area contributed by atoms with E-state index in [-0.39, 0.29) is 13.0 Å². The van der Waals surface area contributed by atoms with Gasteiger partial charge in [0, 0.05) is 20.2 Å². The largest absolute Gasteiger partial charge is 0.469 e.